The molecule has 7 nitrogen and oxygen atoms in total. The Morgan fingerprint density at radius 3 is 2.32 bits per heavy atom. The lowest BCUT2D eigenvalue weighted by molar-refractivity contribution is 0.0724. The summed E-state index contributed by atoms with van der Waals surface area (Å²) in [5.41, 5.74) is 3.95. The highest BCUT2D eigenvalue weighted by molar-refractivity contribution is 5.94. The third kappa shape index (κ3) is 5.26. The Labute approximate surface area is 216 Å². The van der Waals surface area contributed by atoms with Crippen LogP contribution in [-0.4, -0.2) is 33.7 Å². The molecule has 188 valence electrons. The number of amides is 1. The number of aromatic nitrogens is 2. The fourth-order valence-electron chi connectivity index (χ4n) is 4.46. The lowest BCUT2D eigenvalue weighted by Crippen LogP contribution is -2.35. The summed E-state index contributed by atoms with van der Waals surface area (Å²) in [4.78, 5) is 28.4. The largest absolute Gasteiger partial charge is 0.453 e. The van der Waals surface area contributed by atoms with Crippen LogP contribution in [0, 0.1) is 13.8 Å². The van der Waals surface area contributed by atoms with E-state index < -0.39 is 0 Å². The van der Waals surface area contributed by atoms with Gasteiger partial charge >= 0.3 is 0 Å². The van der Waals surface area contributed by atoms with Crippen molar-refractivity contribution >= 4 is 17.3 Å². The molecular weight excluding hydrogens is 464 g/mol. The SMILES string of the molecule is Cc1cccc(Oc2cnn(-c3ccccc3)c(=O)c2Nc2ccc(C(=O)N3CCCCC3)cc2)c1C. The first-order chi connectivity index (χ1) is 18.0. The van der Waals surface area contributed by atoms with Crippen molar-refractivity contribution in [1.29, 1.82) is 0 Å². The molecule has 0 saturated carbocycles. The van der Waals surface area contributed by atoms with Crippen LogP contribution in [0.5, 0.6) is 11.5 Å². The molecule has 1 aliphatic rings. The summed E-state index contributed by atoms with van der Waals surface area (Å²) < 4.78 is 7.55. The quantitative estimate of drug-likeness (QED) is 0.355. The number of nitrogens with zero attached hydrogens (tertiary/aromatic N) is 3. The van der Waals surface area contributed by atoms with Crippen molar-refractivity contribution in [3.8, 4) is 17.2 Å². The molecule has 3 aromatic carbocycles. The number of carbonyl (C=O) groups excluding carboxylic acids is 1. The highest BCUT2D eigenvalue weighted by Crippen LogP contribution is 2.32. The zero-order valence-corrected chi connectivity index (χ0v) is 21.1. The number of benzene rings is 3. The highest BCUT2D eigenvalue weighted by Gasteiger charge is 2.19. The molecule has 1 N–H and O–H groups in total. The Bertz CT molecular complexity index is 1460. The minimum absolute atomic E-state index is 0.0422. The lowest BCUT2D eigenvalue weighted by Gasteiger charge is -2.26. The van der Waals surface area contributed by atoms with Crippen LogP contribution in [0.4, 0.5) is 11.4 Å². The summed E-state index contributed by atoms with van der Waals surface area (Å²) >= 11 is 0. The Morgan fingerprint density at radius 1 is 0.865 bits per heavy atom. The predicted molar refractivity (Wildman–Crippen MR) is 145 cm³/mol. The average Bonchev–Trinajstić information content (AvgIpc) is 2.94. The minimum Gasteiger partial charge on any atom is -0.453 e. The Kier molecular flexibility index (Phi) is 7.03. The molecule has 37 heavy (non-hydrogen) atoms. The summed E-state index contributed by atoms with van der Waals surface area (Å²) in [7, 11) is 0. The molecule has 7 heteroatoms. The second-order valence-electron chi connectivity index (χ2n) is 9.29. The van der Waals surface area contributed by atoms with Crippen LogP contribution in [0.15, 0.2) is 83.8 Å². The van der Waals surface area contributed by atoms with E-state index in [-0.39, 0.29) is 17.2 Å². The summed E-state index contributed by atoms with van der Waals surface area (Å²) in [5.74, 6) is 1.02. The fourth-order valence-corrected chi connectivity index (χ4v) is 4.46. The highest BCUT2D eigenvalue weighted by atomic mass is 16.5. The number of piperidine rings is 1. The zero-order valence-electron chi connectivity index (χ0n) is 21.1. The second-order valence-corrected chi connectivity index (χ2v) is 9.29. The first-order valence-corrected chi connectivity index (χ1v) is 12.6. The van der Waals surface area contributed by atoms with Gasteiger partial charge in [0.15, 0.2) is 11.4 Å². The maximum atomic E-state index is 13.6. The molecule has 4 aromatic rings. The van der Waals surface area contributed by atoms with E-state index in [0.29, 0.717) is 28.4 Å². The van der Waals surface area contributed by atoms with Crippen LogP contribution < -0.4 is 15.6 Å². The number of anilines is 2. The van der Waals surface area contributed by atoms with E-state index in [4.69, 9.17) is 4.74 Å². The molecule has 0 atom stereocenters. The molecular formula is C30H30N4O3. The second kappa shape index (κ2) is 10.7. The van der Waals surface area contributed by atoms with Crippen LogP contribution in [0.1, 0.15) is 40.7 Å². The number of ether oxygens (including phenoxy) is 1. The van der Waals surface area contributed by atoms with Crippen molar-refractivity contribution in [2.45, 2.75) is 33.1 Å². The van der Waals surface area contributed by atoms with Gasteiger partial charge in [-0.3, -0.25) is 9.59 Å². The van der Waals surface area contributed by atoms with E-state index >= 15 is 0 Å². The summed E-state index contributed by atoms with van der Waals surface area (Å²) in [6, 6.07) is 22.3. The molecule has 1 amide bonds. The van der Waals surface area contributed by atoms with Gasteiger partial charge < -0.3 is 15.0 Å². The molecule has 0 unspecified atom stereocenters. The number of aryl methyl sites for hydroxylation is 1. The van der Waals surface area contributed by atoms with Gasteiger partial charge in [0.25, 0.3) is 11.5 Å². The molecule has 1 saturated heterocycles. The standard InChI is InChI=1S/C30H30N4O3/c1-21-10-9-13-26(22(21)2)37-27-20-31-34(25-11-5-3-6-12-25)30(36)28(27)32-24-16-14-23(15-17-24)29(35)33-18-7-4-8-19-33/h3,5-6,9-17,20,32H,4,7-8,18-19H2,1-2H3. The maximum Gasteiger partial charge on any atom is 0.299 e. The van der Waals surface area contributed by atoms with Crippen molar-refractivity contribution < 1.29 is 9.53 Å². The summed E-state index contributed by atoms with van der Waals surface area (Å²) in [5, 5.41) is 7.60. The van der Waals surface area contributed by atoms with Gasteiger partial charge in [-0.05, 0) is 86.7 Å². The van der Waals surface area contributed by atoms with Gasteiger partial charge in [-0.1, -0.05) is 30.3 Å². The molecule has 1 aromatic heterocycles. The number of nitrogens with one attached hydrogen (secondary N) is 1. The maximum absolute atomic E-state index is 13.6. The van der Waals surface area contributed by atoms with Gasteiger partial charge in [-0.2, -0.15) is 9.78 Å². The topological polar surface area (TPSA) is 76.5 Å². The fraction of sp³-hybridized carbons (Fsp3) is 0.233. The van der Waals surface area contributed by atoms with Crippen LogP contribution in [0.25, 0.3) is 5.69 Å². The van der Waals surface area contributed by atoms with Crippen molar-refractivity contribution in [3.63, 3.8) is 0 Å². The predicted octanol–water partition coefficient (Wildman–Crippen LogP) is 6.01. The lowest BCUT2D eigenvalue weighted by atomic mass is 10.1. The number of hydrogen-bond donors (Lipinski definition) is 1. The van der Waals surface area contributed by atoms with Gasteiger partial charge in [-0.15, -0.1) is 0 Å². The Hall–Kier alpha value is -4.39. The van der Waals surface area contributed by atoms with E-state index in [9.17, 15) is 9.59 Å². The molecule has 1 aliphatic heterocycles. The zero-order chi connectivity index (χ0) is 25.8. The van der Waals surface area contributed by atoms with Gasteiger partial charge in [-0.25, -0.2) is 0 Å². The number of para-hydroxylation sites is 1. The number of rotatable bonds is 6. The van der Waals surface area contributed by atoms with Crippen LogP contribution in [0.3, 0.4) is 0 Å². The van der Waals surface area contributed by atoms with Crippen molar-refractivity contribution in [2.24, 2.45) is 0 Å². The van der Waals surface area contributed by atoms with Crippen molar-refractivity contribution in [1.82, 2.24) is 14.7 Å². The molecule has 2 heterocycles. The number of carbonyl (C=O) groups is 1. The Balaban J connectivity index is 1.48. The molecule has 5 rings (SSSR count). The minimum atomic E-state index is -0.345. The van der Waals surface area contributed by atoms with E-state index in [2.05, 4.69) is 10.4 Å². The molecule has 0 aliphatic carbocycles. The summed E-state index contributed by atoms with van der Waals surface area (Å²) in [6.45, 7) is 5.59. The van der Waals surface area contributed by atoms with Gasteiger partial charge in [0, 0.05) is 24.3 Å². The van der Waals surface area contributed by atoms with Gasteiger partial charge in [0.1, 0.15) is 5.75 Å². The normalized spacial score (nSPS) is 13.3. The van der Waals surface area contributed by atoms with E-state index in [0.717, 1.165) is 37.1 Å². The van der Waals surface area contributed by atoms with Crippen LogP contribution in [-0.2, 0) is 0 Å². The average molecular weight is 495 g/mol. The monoisotopic (exact) mass is 494 g/mol. The van der Waals surface area contributed by atoms with Crippen molar-refractivity contribution in [3.05, 3.63) is 106 Å². The Morgan fingerprint density at radius 2 is 1.59 bits per heavy atom. The van der Waals surface area contributed by atoms with Crippen LogP contribution >= 0.6 is 0 Å². The molecule has 0 spiro atoms. The van der Waals surface area contributed by atoms with Crippen molar-refractivity contribution in [2.75, 3.05) is 18.4 Å². The number of likely N-dealkylation sites (tertiary alicyclic amines) is 1. The summed E-state index contributed by atoms with van der Waals surface area (Å²) in [6.07, 6.45) is 4.81. The number of hydrogen-bond acceptors (Lipinski definition) is 5. The smallest absolute Gasteiger partial charge is 0.299 e. The van der Waals surface area contributed by atoms with E-state index in [1.54, 1.807) is 18.3 Å². The first-order valence-electron chi connectivity index (χ1n) is 12.6. The van der Waals surface area contributed by atoms with Gasteiger partial charge in [0.05, 0.1) is 11.9 Å². The van der Waals surface area contributed by atoms with E-state index in [1.807, 2.05) is 79.4 Å². The molecule has 0 radical (unpaired) electrons. The van der Waals surface area contributed by atoms with Crippen LogP contribution in [0.2, 0.25) is 0 Å². The third-order valence-corrected chi connectivity index (χ3v) is 6.76. The third-order valence-electron chi connectivity index (χ3n) is 6.76. The van der Waals surface area contributed by atoms with Gasteiger partial charge in [0.2, 0.25) is 0 Å². The first kappa shape index (κ1) is 24.3. The molecule has 0 bridgehead atoms. The molecule has 1 fully saturated rings. The van der Waals surface area contributed by atoms with E-state index in [1.165, 1.54) is 11.1 Å².